The van der Waals surface area contributed by atoms with E-state index in [0.29, 0.717) is 26.9 Å². The van der Waals surface area contributed by atoms with Gasteiger partial charge in [0, 0.05) is 22.6 Å². The SMILES string of the molecule is Cc1ccc(S(=O)(=O)N(CC(=O)N(Cc2ccc(Cl)cc2Cl)[C@@H](C)C(=O)NC2CCCC2)c2ccc(C)cc2C)cc1. The zero-order valence-corrected chi connectivity index (χ0v) is 26.7. The lowest BCUT2D eigenvalue weighted by Crippen LogP contribution is -2.52. The summed E-state index contributed by atoms with van der Waals surface area (Å²) in [6, 6.07) is 16.0. The molecule has 0 aliphatic heterocycles. The molecule has 3 aromatic rings. The van der Waals surface area contributed by atoms with Gasteiger partial charge in [-0.1, -0.05) is 77.5 Å². The second-order valence-corrected chi connectivity index (χ2v) is 13.7. The van der Waals surface area contributed by atoms with Crippen LogP contribution in [0.1, 0.15) is 54.9 Å². The molecule has 0 heterocycles. The van der Waals surface area contributed by atoms with E-state index in [9.17, 15) is 18.0 Å². The molecule has 0 aromatic heterocycles. The Hall–Kier alpha value is -3.07. The van der Waals surface area contributed by atoms with E-state index in [4.69, 9.17) is 23.2 Å². The van der Waals surface area contributed by atoms with Gasteiger partial charge in [-0.2, -0.15) is 0 Å². The van der Waals surface area contributed by atoms with E-state index in [2.05, 4.69) is 5.32 Å². The molecule has 1 aliphatic carbocycles. The number of sulfonamides is 1. The van der Waals surface area contributed by atoms with Crippen molar-refractivity contribution in [2.45, 2.75) is 76.9 Å². The third-order valence-electron chi connectivity index (χ3n) is 7.73. The van der Waals surface area contributed by atoms with Gasteiger partial charge in [-0.25, -0.2) is 8.42 Å². The van der Waals surface area contributed by atoms with E-state index in [1.54, 1.807) is 43.3 Å². The number of amides is 2. The predicted molar refractivity (Wildman–Crippen MR) is 168 cm³/mol. The number of anilines is 1. The molecule has 1 atom stereocenters. The smallest absolute Gasteiger partial charge is 0.264 e. The standard InChI is InChI=1S/C32H37Cl2N3O4S/c1-21-9-14-28(15-10-21)42(40,41)37(30-16-11-22(2)17-23(30)3)20-31(38)36(19-25-12-13-26(33)18-29(25)34)24(4)32(39)35-27-7-5-6-8-27/h9-18,24,27H,5-8,19-20H2,1-4H3,(H,35,39)/t24-/m0/s1. The van der Waals surface area contributed by atoms with Crippen molar-refractivity contribution in [3.05, 3.63) is 93.0 Å². The zero-order valence-electron chi connectivity index (χ0n) is 24.4. The van der Waals surface area contributed by atoms with Gasteiger partial charge in [-0.3, -0.25) is 13.9 Å². The van der Waals surface area contributed by atoms with Crippen LogP contribution in [0.25, 0.3) is 0 Å². The Balaban J connectivity index is 1.73. The van der Waals surface area contributed by atoms with E-state index in [-0.39, 0.29) is 23.4 Å². The second kappa shape index (κ2) is 13.5. The van der Waals surface area contributed by atoms with Gasteiger partial charge in [0.15, 0.2) is 0 Å². The van der Waals surface area contributed by atoms with Gasteiger partial charge in [-0.05, 0) is 82.0 Å². The molecule has 0 unspecified atom stereocenters. The number of rotatable bonds is 10. The minimum absolute atomic E-state index is 0.000607. The summed E-state index contributed by atoms with van der Waals surface area (Å²) in [4.78, 5) is 29.0. The Bertz CT molecular complexity index is 1550. The molecule has 3 aromatic carbocycles. The number of carbonyl (C=O) groups excluding carboxylic acids is 2. The maximum atomic E-state index is 14.2. The molecule has 7 nitrogen and oxygen atoms in total. The molecule has 4 rings (SSSR count). The largest absolute Gasteiger partial charge is 0.352 e. The van der Waals surface area contributed by atoms with E-state index in [1.807, 2.05) is 32.9 Å². The summed E-state index contributed by atoms with van der Waals surface area (Å²) in [6.45, 7) is 6.75. The molecule has 1 fully saturated rings. The van der Waals surface area contributed by atoms with Gasteiger partial charge < -0.3 is 10.2 Å². The molecule has 0 saturated heterocycles. The Morgan fingerprint density at radius 3 is 2.19 bits per heavy atom. The highest BCUT2D eigenvalue weighted by molar-refractivity contribution is 7.92. The first kappa shape index (κ1) is 31.9. The normalized spacial score (nSPS) is 14.4. The summed E-state index contributed by atoms with van der Waals surface area (Å²) in [7, 11) is -4.14. The van der Waals surface area contributed by atoms with E-state index < -0.39 is 28.5 Å². The molecular weight excluding hydrogens is 593 g/mol. The average molecular weight is 631 g/mol. The summed E-state index contributed by atoms with van der Waals surface area (Å²) < 4.78 is 29.3. The molecule has 10 heteroatoms. The van der Waals surface area contributed by atoms with Crippen molar-refractivity contribution in [1.29, 1.82) is 0 Å². The fraction of sp³-hybridized carbons (Fsp3) is 0.375. The first-order chi connectivity index (χ1) is 19.9. The van der Waals surface area contributed by atoms with Crippen molar-refractivity contribution in [3.63, 3.8) is 0 Å². The van der Waals surface area contributed by atoms with Crippen LogP contribution in [0.2, 0.25) is 10.0 Å². The highest BCUT2D eigenvalue weighted by atomic mass is 35.5. The number of hydrogen-bond acceptors (Lipinski definition) is 4. The van der Waals surface area contributed by atoms with Crippen molar-refractivity contribution in [3.8, 4) is 0 Å². The second-order valence-electron chi connectivity index (χ2n) is 11.0. The molecule has 1 N–H and O–H groups in total. The third kappa shape index (κ3) is 7.46. The van der Waals surface area contributed by atoms with Crippen LogP contribution in [0, 0.1) is 20.8 Å². The number of benzene rings is 3. The first-order valence-electron chi connectivity index (χ1n) is 14.1. The lowest BCUT2D eigenvalue weighted by molar-refractivity contribution is -0.139. The third-order valence-corrected chi connectivity index (χ3v) is 10.1. The Labute approximate surface area is 258 Å². The van der Waals surface area contributed by atoms with Crippen LogP contribution in [0.5, 0.6) is 0 Å². The Kier molecular flexibility index (Phi) is 10.2. The highest BCUT2D eigenvalue weighted by Crippen LogP contribution is 2.29. The predicted octanol–water partition coefficient (Wildman–Crippen LogP) is 6.59. The summed E-state index contributed by atoms with van der Waals surface area (Å²) in [5.74, 6) is -0.828. The molecule has 2 amide bonds. The Morgan fingerprint density at radius 2 is 1.57 bits per heavy atom. The minimum Gasteiger partial charge on any atom is -0.352 e. The molecule has 42 heavy (non-hydrogen) atoms. The van der Waals surface area contributed by atoms with Crippen LogP contribution in [0.3, 0.4) is 0 Å². The van der Waals surface area contributed by atoms with Crippen LogP contribution in [-0.4, -0.2) is 43.8 Å². The van der Waals surface area contributed by atoms with Crippen molar-refractivity contribution in [2.75, 3.05) is 10.8 Å². The number of nitrogens with one attached hydrogen (secondary N) is 1. The Morgan fingerprint density at radius 1 is 0.929 bits per heavy atom. The van der Waals surface area contributed by atoms with Crippen molar-refractivity contribution in [2.24, 2.45) is 0 Å². The van der Waals surface area contributed by atoms with E-state index >= 15 is 0 Å². The molecule has 0 bridgehead atoms. The van der Waals surface area contributed by atoms with Gasteiger partial charge in [-0.15, -0.1) is 0 Å². The van der Waals surface area contributed by atoms with Crippen LogP contribution in [0.15, 0.2) is 65.6 Å². The van der Waals surface area contributed by atoms with E-state index in [1.165, 1.54) is 17.0 Å². The number of carbonyl (C=O) groups is 2. The maximum absolute atomic E-state index is 14.2. The summed E-state index contributed by atoms with van der Waals surface area (Å²) in [6.07, 6.45) is 3.88. The highest BCUT2D eigenvalue weighted by Gasteiger charge is 2.34. The number of halogens is 2. The maximum Gasteiger partial charge on any atom is 0.264 e. The molecule has 1 saturated carbocycles. The van der Waals surface area contributed by atoms with Crippen molar-refractivity contribution in [1.82, 2.24) is 10.2 Å². The summed E-state index contributed by atoms with van der Waals surface area (Å²) >= 11 is 12.6. The number of aryl methyl sites for hydroxylation is 3. The molecule has 0 radical (unpaired) electrons. The molecule has 0 spiro atoms. The van der Waals surface area contributed by atoms with Crippen LogP contribution >= 0.6 is 23.2 Å². The monoisotopic (exact) mass is 629 g/mol. The molecule has 224 valence electrons. The van der Waals surface area contributed by atoms with Crippen LogP contribution < -0.4 is 9.62 Å². The average Bonchev–Trinajstić information content (AvgIpc) is 3.44. The zero-order chi connectivity index (χ0) is 30.6. The summed E-state index contributed by atoms with van der Waals surface area (Å²) in [5.41, 5.74) is 3.57. The van der Waals surface area contributed by atoms with Gasteiger partial charge in [0.05, 0.1) is 10.6 Å². The number of hydrogen-bond donors (Lipinski definition) is 1. The minimum atomic E-state index is -4.14. The van der Waals surface area contributed by atoms with Gasteiger partial charge in [0.25, 0.3) is 10.0 Å². The lowest BCUT2D eigenvalue weighted by atomic mass is 10.1. The van der Waals surface area contributed by atoms with Crippen molar-refractivity contribution < 1.29 is 18.0 Å². The summed E-state index contributed by atoms with van der Waals surface area (Å²) in [5, 5.41) is 3.86. The quantitative estimate of drug-likeness (QED) is 0.274. The van der Waals surface area contributed by atoms with Gasteiger partial charge in [0.2, 0.25) is 11.8 Å². The molecule has 1 aliphatic rings. The topological polar surface area (TPSA) is 86.8 Å². The lowest BCUT2D eigenvalue weighted by Gasteiger charge is -2.33. The molecular formula is C32H37Cl2N3O4S. The van der Waals surface area contributed by atoms with Crippen LogP contribution in [-0.2, 0) is 26.2 Å². The van der Waals surface area contributed by atoms with Crippen molar-refractivity contribution >= 4 is 50.7 Å². The van der Waals surface area contributed by atoms with Gasteiger partial charge in [0.1, 0.15) is 12.6 Å². The fourth-order valence-corrected chi connectivity index (χ4v) is 7.19. The van der Waals surface area contributed by atoms with Crippen LogP contribution in [0.4, 0.5) is 5.69 Å². The van der Waals surface area contributed by atoms with Gasteiger partial charge >= 0.3 is 0 Å². The number of nitrogens with zero attached hydrogens (tertiary/aromatic N) is 2. The van der Waals surface area contributed by atoms with E-state index in [0.717, 1.165) is 41.1 Å². The first-order valence-corrected chi connectivity index (χ1v) is 16.3. The fourth-order valence-electron chi connectivity index (χ4n) is 5.24.